The van der Waals surface area contributed by atoms with Gasteiger partial charge in [-0.05, 0) is 14.1 Å². The number of likely N-dealkylation sites (N-methyl/N-ethyl adjacent to an activating group) is 2. The normalized spacial score (nSPS) is 17.9. The highest BCUT2D eigenvalue weighted by atomic mass is 16.4. The largest absolute Gasteiger partial charge is 0.394 e. The van der Waals surface area contributed by atoms with E-state index in [9.17, 15) is 20.1 Å². The maximum absolute atomic E-state index is 11.6. The van der Waals surface area contributed by atoms with Crippen molar-refractivity contribution in [1.82, 2.24) is 9.80 Å². The number of rotatable bonds is 8. The van der Waals surface area contributed by atoms with Crippen LogP contribution in [0.1, 0.15) is 0 Å². The van der Waals surface area contributed by atoms with Crippen LogP contribution in [-0.2, 0) is 4.79 Å². The lowest BCUT2D eigenvalue weighted by Crippen LogP contribution is -2.50. The molecule has 114 valence electrons. The predicted molar refractivity (Wildman–Crippen MR) is 67.3 cm³/mol. The fraction of sp³-hybridized carbons (Fsp3) is 0.909. The van der Waals surface area contributed by atoms with Crippen molar-refractivity contribution >= 4 is 5.91 Å². The van der Waals surface area contributed by atoms with Gasteiger partial charge in [0.2, 0.25) is 5.91 Å². The van der Waals surface area contributed by atoms with Crippen molar-refractivity contribution < 1.29 is 30.3 Å². The fourth-order valence-electron chi connectivity index (χ4n) is 1.44. The molecule has 0 radical (unpaired) electrons. The minimum absolute atomic E-state index is 0.154. The Hall–Kier alpha value is -0.770. The molecule has 0 saturated carbocycles. The zero-order valence-electron chi connectivity index (χ0n) is 11.5. The second kappa shape index (κ2) is 8.41. The highest BCUT2D eigenvalue weighted by Crippen LogP contribution is 2.06. The summed E-state index contributed by atoms with van der Waals surface area (Å²) in [6, 6.07) is 0. The Balaban J connectivity index is 4.35. The molecule has 0 aromatic carbocycles. The molecule has 8 nitrogen and oxygen atoms in total. The summed E-state index contributed by atoms with van der Waals surface area (Å²) in [5.41, 5.74) is 0. The number of aliphatic hydroxyl groups excluding tert-OH is 5. The molecular weight excluding hydrogens is 256 g/mol. The molecule has 19 heavy (non-hydrogen) atoms. The Morgan fingerprint density at radius 3 is 1.89 bits per heavy atom. The Morgan fingerprint density at radius 2 is 1.47 bits per heavy atom. The van der Waals surface area contributed by atoms with Crippen LogP contribution >= 0.6 is 0 Å². The van der Waals surface area contributed by atoms with Crippen LogP contribution in [0.15, 0.2) is 0 Å². The molecule has 0 unspecified atom stereocenters. The van der Waals surface area contributed by atoms with Gasteiger partial charge in [-0.2, -0.15) is 0 Å². The van der Waals surface area contributed by atoms with E-state index in [0.29, 0.717) is 0 Å². The van der Waals surface area contributed by atoms with E-state index in [1.165, 1.54) is 11.9 Å². The lowest BCUT2D eigenvalue weighted by molar-refractivity contribution is -0.138. The maximum Gasteiger partial charge on any atom is 0.236 e. The number of nitrogens with zero attached hydrogens (tertiary/aromatic N) is 2. The first-order valence-electron chi connectivity index (χ1n) is 5.92. The molecule has 0 heterocycles. The molecule has 8 heteroatoms. The van der Waals surface area contributed by atoms with Crippen LogP contribution in [0.4, 0.5) is 0 Å². The second-order valence-electron chi connectivity index (χ2n) is 4.81. The Morgan fingerprint density at radius 1 is 1.00 bits per heavy atom. The van der Waals surface area contributed by atoms with Crippen LogP contribution in [0.2, 0.25) is 0 Å². The molecule has 0 aliphatic heterocycles. The van der Waals surface area contributed by atoms with Crippen molar-refractivity contribution in [2.24, 2.45) is 0 Å². The third-order valence-electron chi connectivity index (χ3n) is 2.66. The number of amides is 1. The summed E-state index contributed by atoms with van der Waals surface area (Å²) in [6.45, 7) is -0.773. The van der Waals surface area contributed by atoms with E-state index in [-0.39, 0.29) is 19.0 Å². The molecule has 0 aliphatic rings. The van der Waals surface area contributed by atoms with Gasteiger partial charge in [0.15, 0.2) is 0 Å². The van der Waals surface area contributed by atoms with Crippen LogP contribution in [0, 0.1) is 0 Å². The molecule has 5 N–H and O–H groups in total. The number of aliphatic hydroxyl groups is 5. The molecule has 4 atom stereocenters. The number of hydrogen-bond acceptors (Lipinski definition) is 7. The van der Waals surface area contributed by atoms with Crippen LogP contribution in [-0.4, -0.2) is 106 Å². The van der Waals surface area contributed by atoms with Crippen LogP contribution in [0.25, 0.3) is 0 Å². The molecule has 0 saturated heterocycles. The van der Waals surface area contributed by atoms with Gasteiger partial charge in [0.25, 0.3) is 0 Å². The minimum atomic E-state index is -1.68. The molecule has 0 spiro atoms. The lowest BCUT2D eigenvalue weighted by atomic mass is 10.0. The summed E-state index contributed by atoms with van der Waals surface area (Å²) in [5.74, 6) is -0.256. The van der Waals surface area contributed by atoms with Crippen LogP contribution in [0.3, 0.4) is 0 Å². The molecule has 0 fully saturated rings. The number of carbonyl (C=O) groups is 1. The van der Waals surface area contributed by atoms with Crippen molar-refractivity contribution in [2.75, 3.05) is 40.8 Å². The van der Waals surface area contributed by atoms with Gasteiger partial charge in [-0.3, -0.25) is 4.79 Å². The molecule has 0 aromatic heterocycles. The first-order chi connectivity index (χ1) is 8.70. The smallest absolute Gasteiger partial charge is 0.236 e. The van der Waals surface area contributed by atoms with E-state index in [0.717, 1.165) is 0 Å². The fourth-order valence-corrected chi connectivity index (χ4v) is 1.44. The van der Waals surface area contributed by atoms with Gasteiger partial charge in [0, 0.05) is 13.6 Å². The average Bonchev–Trinajstić information content (AvgIpc) is 2.34. The summed E-state index contributed by atoms with van der Waals surface area (Å²) < 4.78 is 0. The number of hydrogen-bond donors (Lipinski definition) is 5. The third-order valence-corrected chi connectivity index (χ3v) is 2.66. The molecule has 1 amide bonds. The van der Waals surface area contributed by atoms with Crippen molar-refractivity contribution in [3.05, 3.63) is 0 Å². The summed E-state index contributed by atoms with van der Waals surface area (Å²) in [4.78, 5) is 14.5. The van der Waals surface area contributed by atoms with Crippen molar-refractivity contribution in [3.63, 3.8) is 0 Å². The van der Waals surface area contributed by atoms with Crippen LogP contribution < -0.4 is 0 Å². The summed E-state index contributed by atoms with van der Waals surface area (Å²) in [5, 5.41) is 46.5. The molecule has 0 bridgehead atoms. The van der Waals surface area contributed by atoms with E-state index in [2.05, 4.69) is 0 Å². The Bertz CT molecular complexity index is 276. The van der Waals surface area contributed by atoms with E-state index < -0.39 is 31.0 Å². The highest BCUT2D eigenvalue weighted by Gasteiger charge is 2.31. The van der Waals surface area contributed by atoms with Gasteiger partial charge in [0.05, 0.1) is 13.2 Å². The van der Waals surface area contributed by atoms with Gasteiger partial charge in [0.1, 0.15) is 24.4 Å². The SMILES string of the molecule is CN(C)CC(=O)N(C)C[C@H](O)[C@@H](O)[C@H](O)[C@H](O)CO. The molecule has 0 rings (SSSR count). The average molecular weight is 280 g/mol. The van der Waals surface area contributed by atoms with E-state index >= 15 is 0 Å². The maximum atomic E-state index is 11.6. The van der Waals surface area contributed by atoms with Crippen molar-refractivity contribution in [1.29, 1.82) is 0 Å². The highest BCUT2D eigenvalue weighted by molar-refractivity contribution is 5.77. The van der Waals surface area contributed by atoms with E-state index in [1.807, 2.05) is 0 Å². The van der Waals surface area contributed by atoms with Crippen molar-refractivity contribution in [2.45, 2.75) is 24.4 Å². The first-order valence-corrected chi connectivity index (χ1v) is 5.92. The summed E-state index contributed by atoms with van der Waals surface area (Å²) in [7, 11) is 4.90. The predicted octanol–water partition coefficient (Wildman–Crippen LogP) is -3.56. The monoisotopic (exact) mass is 280 g/mol. The van der Waals surface area contributed by atoms with Gasteiger partial charge in [-0.25, -0.2) is 0 Å². The molecule has 0 aliphatic carbocycles. The molecule has 0 aromatic rings. The minimum Gasteiger partial charge on any atom is -0.394 e. The van der Waals surface area contributed by atoms with Gasteiger partial charge in [-0.1, -0.05) is 0 Å². The standard InChI is InChI=1S/C11H24N2O6/c1-12(2)5-9(17)13(3)4-7(15)10(18)11(19)8(16)6-14/h7-8,10-11,14-16,18-19H,4-6H2,1-3H3/t7-,8+,10+,11+/m0/s1. The third kappa shape index (κ3) is 6.28. The van der Waals surface area contributed by atoms with Gasteiger partial charge >= 0.3 is 0 Å². The lowest BCUT2D eigenvalue weighted by Gasteiger charge is -2.29. The summed E-state index contributed by atoms with van der Waals surface area (Å²) >= 11 is 0. The zero-order valence-corrected chi connectivity index (χ0v) is 11.5. The zero-order chi connectivity index (χ0) is 15.2. The number of carbonyl (C=O) groups excluding carboxylic acids is 1. The Kier molecular flexibility index (Phi) is 8.07. The van der Waals surface area contributed by atoms with E-state index in [4.69, 9.17) is 10.2 Å². The quantitative estimate of drug-likeness (QED) is 0.312. The Labute approximate surface area is 112 Å². The second-order valence-corrected chi connectivity index (χ2v) is 4.81. The van der Waals surface area contributed by atoms with Crippen LogP contribution in [0.5, 0.6) is 0 Å². The van der Waals surface area contributed by atoms with Gasteiger partial charge in [-0.15, -0.1) is 0 Å². The topological polar surface area (TPSA) is 125 Å². The first kappa shape index (κ1) is 18.2. The van der Waals surface area contributed by atoms with Gasteiger partial charge < -0.3 is 35.3 Å². The van der Waals surface area contributed by atoms with E-state index in [1.54, 1.807) is 19.0 Å². The molecular formula is C11H24N2O6. The van der Waals surface area contributed by atoms with Crippen molar-refractivity contribution in [3.8, 4) is 0 Å². The summed E-state index contributed by atoms with van der Waals surface area (Å²) in [6.07, 6.45) is -6.31.